The summed E-state index contributed by atoms with van der Waals surface area (Å²) >= 11 is 0. The maximum absolute atomic E-state index is 13.1. The molecular weight excluding hydrogens is 422 g/mol. The summed E-state index contributed by atoms with van der Waals surface area (Å²) in [4.78, 5) is 30.2. The third kappa shape index (κ3) is 5.35. The molecule has 1 N–H and O–H groups in total. The molecule has 3 aliphatic rings. The Morgan fingerprint density at radius 3 is 1.97 bits per heavy atom. The van der Waals surface area contributed by atoms with Gasteiger partial charge < -0.3 is 10.2 Å². The molecule has 0 aromatic heterocycles. The van der Waals surface area contributed by atoms with Gasteiger partial charge in [-0.25, -0.2) is 0 Å². The molecule has 180 valence electrons. The van der Waals surface area contributed by atoms with E-state index in [9.17, 15) is 9.59 Å². The number of carbonyl (C=O) groups excluding carboxylic acids is 2. The van der Waals surface area contributed by atoms with Gasteiger partial charge in [-0.05, 0) is 36.3 Å². The minimum absolute atomic E-state index is 0.0933. The summed E-state index contributed by atoms with van der Waals surface area (Å²) in [6.07, 6.45) is 7.06. The minimum Gasteiger partial charge on any atom is -0.356 e. The van der Waals surface area contributed by atoms with Crippen LogP contribution in [0.4, 0.5) is 0 Å². The van der Waals surface area contributed by atoms with Gasteiger partial charge in [-0.1, -0.05) is 79.9 Å². The van der Waals surface area contributed by atoms with Gasteiger partial charge in [-0.15, -0.1) is 0 Å². The van der Waals surface area contributed by atoms with Gasteiger partial charge in [0.2, 0.25) is 11.8 Å². The Balaban J connectivity index is 1.14. The predicted molar refractivity (Wildman–Crippen MR) is 134 cm³/mol. The number of nitrogens with zero attached hydrogens (tertiary/aromatic N) is 2. The molecule has 2 aliphatic carbocycles. The Bertz CT molecular complexity index is 910. The molecule has 2 aromatic carbocycles. The molecule has 5 rings (SSSR count). The van der Waals surface area contributed by atoms with Crippen molar-refractivity contribution in [3.63, 3.8) is 0 Å². The zero-order valence-electron chi connectivity index (χ0n) is 20.1. The highest BCUT2D eigenvalue weighted by atomic mass is 16.2. The number of hydrogen-bond donors (Lipinski definition) is 1. The van der Waals surface area contributed by atoms with Gasteiger partial charge in [0.05, 0.1) is 17.9 Å². The lowest BCUT2D eigenvalue weighted by molar-refractivity contribution is -0.136. The molecule has 34 heavy (non-hydrogen) atoms. The lowest BCUT2D eigenvalue weighted by atomic mass is 9.89. The average Bonchev–Trinajstić information content (AvgIpc) is 3.71. The van der Waals surface area contributed by atoms with Gasteiger partial charge in [-0.3, -0.25) is 14.5 Å². The monoisotopic (exact) mass is 459 g/mol. The maximum Gasteiger partial charge on any atom is 0.226 e. The van der Waals surface area contributed by atoms with Crippen LogP contribution in [-0.2, 0) is 9.59 Å². The molecule has 3 fully saturated rings. The van der Waals surface area contributed by atoms with Crippen molar-refractivity contribution in [1.82, 2.24) is 15.1 Å². The van der Waals surface area contributed by atoms with Gasteiger partial charge in [0.1, 0.15) is 0 Å². The highest BCUT2D eigenvalue weighted by Crippen LogP contribution is 2.41. The molecule has 1 heterocycles. The van der Waals surface area contributed by atoms with Crippen LogP contribution in [0.5, 0.6) is 0 Å². The van der Waals surface area contributed by atoms with Crippen molar-refractivity contribution < 1.29 is 9.59 Å². The number of amides is 2. The quantitative estimate of drug-likeness (QED) is 0.673. The fourth-order valence-electron chi connectivity index (χ4n) is 5.84. The van der Waals surface area contributed by atoms with Crippen LogP contribution in [0.1, 0.15) is 55.7 Å². The van der Waals surface area contributed by atoms with Crippen LogP contribution < -0.4 is 5.32 Å². The Labute approximate surface area is 203 Å². The third-order valence-corrected chi connectivity index (χ3v) is 7.96. The van der Waals surface area contributed by atoms with Crippen molar-refractivity contribution in [2.45, 2.75) is 44.6 Å². The Hall–Kier alpha value is -2.66. The number of piperazine rings is 1. The number of benzene rings is 2. The van der Waals surface area contributed by atoms with Crippen molar-refractivity contribution in [2.75, 3.05) is 32.7 Å². The number of hydrogen-bond acceptors (Lipinski definition) is 3. The fraction of sp³-hybridized carbons (Fsp3) is 0.517. The minimum atomic E-state index is -0.115. The highest BCUT2D eigenvalue weighted by Gasteiger charge is 2.49. The van der Waals surface area contributed by atoms with Crippen LogP contribution in [0, 0.1) is 17.8 Å². The van der Waals surface area contributed by atoms with Crippen molar-refractivity contribution in [1.29, 1.82) is 0 Å². The van der Waals surface area contributed by atoms with E-state index in [4.69, 9.17) is 0 Å². The van der Waals surface area contributed by atoms with E-state index < -0.39 is 0 Å². The zero-order chi connectivity index (χ0) is 23.3. The van der Waals surface area contributed by atoms with Crippen LogP contribution in [0.2, 0.25) is 0 Å². The largest absolute Gasteiger partial charge is 0.356 e. The van der Waals surface area contributed by atoms with Crippen molar-refractivity contribution in [3.05, 3.63) is 71.8 Å². The zero-order valence-corrected chi connectivity index (χ0v) is 20.1. The first kappa shape index (κ1) is 23.1. The van der Waals surface area contributed by atoms with Gasteiger partial charge in [0.25, 0.3) is 0 Å². The summed E-state index contributed by atoms with van der Waals surface area (Å²) in [5.74, 6) is 0.664. The summed E-state index contributed by atoms with van der Waals surface area (Å²) in [5, 5.41) is 3.14. The van der Waals surface area contributed by atoms with Gasteiger partial charge in [0, 0.05) is 32.7 Å². The second kappa shape index (κ2) is 10.7. The molecule has 0 spiro atoms. The van der Waals surface area contributed by atoms with E-state index in [0.29, 0.717) is 12.3 Å². The first-order valence-corrected chi connectivity index (χ1v) is 13.1. The first-order valence-electron chi connectivity index (χ1n) is 13.1. The van der Waals surface area contributed by atoms with Crippen LogP contribution in [0.15, 0.2) is 60.7 Å². The van der Waals surface area contributed by atoms with Crippen molar-refractivity contribution in [3.8, 4) is 0 Å². The second-order valence-electron chi connectivity index (χ2n) is 10.3. The van der Waals surface area contributed by atoms with E-state index in [-0.39, 0.29) is 29.7 Å². The highest BCUT2D eigenvalue weighted by molar-refractivity contribution is 5.92. The molecule has 2 atom stereocenters. The van der Waals surface area contributed by atoms with Crippen LogP contribution in [0.25, 0.3) is 0 Å². The molecule has 0 radical (unpaired) electrons. The standard InChI is InChI=1S/C29H37N3O2/c33-28(30-21-22-10-4-1-5-11-22)25-20-26(25)29(34)32-18-16-31(17-19-32)27(23-12-6-2-7-13-23)24-14-8-3-9-15-24/h2-3,6-9,12-15,22,25-27H,1,4-5,10-11,16-21H2,(H,30,33)/t25-,26-/m0/s1. The normalized spacial score (nSPS) is 23.6. The summed E-state index contributed by atoms with van der Waals surface area (Å²) in [5.41, 5.74) is 2.57. The lowest BCUT2D eigenvalue weighted by Crippen LogP contribution is -2.50. The molecule has 2 saturated carbocycles. The molecule has 0 bridgehead atoms. The van der Waals surface area contributed by atoms with E-state index in [1.54, 1.807) is 0 Å². The van der Waals surface area contributed by atoms with E-state index in [1.807, 2.05) is 4.90 Å². The average molecular weight is 460 g/mol. The van der Waals surface area contributed by atoms with E-state index in [2.05, 4.69) is 70.9 Å². The Kier molecular flexibility index (Phi) is 7.29. The van der Waals surface area contributed by atoms with E-state index >= 15 is 0 Å². The lowest BCUT2D eigenvalue weighted by Gasteiger charge is -2.40. The number of rotatable bonds is 7. The predicted octanol–water partition coefficient (Wildman–Crippen LogP) is 4.25. The molecular formula is C29H37N3O2. The fourth-order valence-corrected chi connectivity index (χ4v) is 5.84. The van der Waals surface area contributed by atoms with Crippen molar-refractivity contribution in [2.24, 2.45) is 17.8 Å². The smallest absolute Gasteiger partial charge is 0.226 e. The molecule has 1 saturated heterocycles. The summed E-state index contributed by atoms with van der Waals surface area (Å²) in [7, 11) is 0. The van der Waals surface area contributed by atoms with Crippen LogP contribution >= 0.6 is 0 Å². The topological polar surface area (TPSA) is 52.7 Å². The van der Waals surface area contributed by atoms with E-state index in [0.717, 1.165) is 32.7 Å². The molecule has 2 aromatic rings. The second-order valence-corrected chi connectivity index (χ2v) is 10.3. The van der Waals surface area contributed by atoms with Gasteiger partial charge >= 0.3 is 0 Å². The molecule has 1 aliphatic heterocycles. The Morgan fingerprint density at radius 1 is 0.794 bits per heavy atom. The van der Waals surface area contributed by atoms with Crippen LogP contribution in [-0.4, -0.2) is 54.3 Å². The molecule has 5 nitrogen and oxygen atoms in total. The first-order chi connectivity index (χ1) is 16.7. The number of nitrogens with one attached hydrogen (secondary N) is 1. The molecule has 2 amide bonds. The number of carbonyl (C=O) groups is 2. The Morgan fingerprint density at radius 2 is 1.38 bits per heavy atom. The van der Waals surface area contributed by atoms with Crippen molar-refractivity contribution >= 4 is 11.8 Å². The molecule has 0 unspecified atom stereocenters. The summed E-state index contributed by atoms with van der Waals surface area (Å²) in [6.45, 7) is 3.91. The maximum atomic E-state index is 13.1. The van der Waals surface area contributed by atoms with Gasteiger partial charge in [0.15, 0.2) is 0 Å². The summed E-state index contributed by atoms with van der Waals surface area (Å²) < 4.78 is 0. The summed E-state index contributed by atoms with van der Waals surface area (Å²) in [6, 6.07) is 21.4. The third-order valence-electron chi connectivity index (χ3n) is 7.96. The van der Waals surface area contributed by atoms with Gasteiger partial charge in [-0.2, -0.15) is 0 Å². The van der Waals surface area contributed by atoms with E-state index in [1.165, 1.54) is 43.2 Å². The van der Waals surface area contributed by atoms with Crippen LogP contribution in [0.3, 0.4) is 0 Å². The SMILES string of the molecule is O=C(NCC1CCCCC1)[C@H]1C[C@@H]1C(=O)N1CCN(C(c2ccccc2)c2ccccc2)CC1. The molecule has 5 heteroatoms.